The maximum absolute atomic E-state index is 10.7. The third-order valence-electron chi connectivity index (χ3n) is 1.23. The molecule has 0 saturated heterocycles. The summed E-state index contributed by atoms with van der Waals surface area (Å²) >= 11 is 0. The molecule has 1 rings (SSSR count). The van der Waals surface area contributed by atoms with Gasteiger partial charge in [-0.15, -0.1) is 0 Å². The molecule has 60 valence electrons. The second kappa shape index (κ2) is 4.57. The highest BCUT2D eigenvalue weighted by molar-refractivity contribution is 8.68. The van der Waals surface area contributed by atoms with Crippen molar-refractivity contribution in [2.24, 2.45) is 0 Å². The Morgan fingerprint density at radius 3 is 2.55 bits per heavy atom. The van der Waals surface area contributed by atoms with Crippen LogP contribution in [0.25, 0.3) is 0 Å². The molecule has 0 bridgehead atoms. The van der Waals surface area contributed by atoms with Gasteiger partial charge < -0.3 is 0 Å². The molecule has 1 unspecified atom stereocenters. The van der Waals surface area contributed by atoms with E-state index in [0.29, 0.717) is 0 Å². The number of benzene rings is 1. The maximum Gasteiger partial charge on any atom is 0.0775 e. The Bertz CT molecular complexity index is 233. The average Bonchev–Trinajstić information content (AvgIpc) is 2.03. The van der Waals surface area contributed by atoms with Crippen molar-refractivity contribution in [2.45, 2.75) is 5.75 Å². The van der Waals surface area contributed by atoms with E-state index in [1.54, 1.807) is 6.26 Å². The minimum absolute atomic E-state index is 0.749. The SMILES string of the molecule is CS(=O)SCc1ccccc1. The van der Waals surface area contributed by atoms with Crippen molar-refractivity contribution in [3.05, 3.63) is 35.9 Å². The Hall–Kier alpha value is -0.280. The van der Waals surface area contributed by atoms with Gasteiger partial charge in [0.25, 0.3) is 0 Å². The molecule has 1 aromatic rings. The van der Waals surface area contributed by atoms with Gasteiger partial charge in [-0.1, -0.05) is 41.1 Å². The van der Waals surface area contributed by atoms with E-state index in [2.05, 4.69) is 0 Å². The topological polar surface area (TPSA) is 17.1 Å². The van der Waals surface area contributed by atoms with Gasteiger partial charge in [-0.2, -0.15) is 0 Å². The summed E-state index contributed by atoms with van der Waals surface area (Å²) in [5.41, 5.74) is 1.23. The molecular weight excluding hydrogens is 176 g/mol. The van der Waals surface area contributed by atoms with Gasteiger partial charge in [0.15, 0.2) is 0 Å². The van der Waals surface area contributed by atoms with E-state index in [4.69, 9.17) is 0 Å². The van der Waals surface area contributed by atoms with Crippen LogP contribution in [-0.4, -0.2) is 10.5 Å². The summed E-state index contributed by atoms with van der Waals surface area (Å²) in [6, 6.07) is 10.1. The van der Waals surface area contributed by atoms with E-state index in [1.165, 1.54) is 16.4 Å². The molecular formula is C8H10OS2. The predicted molar refractivity (Wildman–Crippen MR) is 51.8 cm³/mol. The zero-order valence-electron chi connectivity index (χ0n) is 6.32. The molecule has 0 aliphatic carbocycles. The van der Waals surface area contributed by atoms with Crippen molar-refractivity contribution in [3.63, 3.8) is 0 Å². The van der Waals surface area contributed by atoms with Crippen LogP contribution in [-0.2, 0) is 15.6 Å². The van der Waals surface area contributed by atoms with Gasteiger partial charge >= 0.3 is 0 Å². The number of hydrogen-bond donors (Lipinski definition) is 0. The van der Waals surface area contributed by atoms with Crippen LogP contribution in [0.1, 0.15) is 5.56 Å². The molecule has 3 heteroatoms. The normalized spacial score (nSPS) is 12.8. The Kier molecular flexibility index (Phi) is 3.66. The Balaban J connectivity index is 2.45. The van der Waals surface area contributed by atoms with Crippen LogP contribution >= 0.6 is 10.8 Å². The van der Waals surface area contributed by atoms with Gasteiger partial charge in [0.05, 0.1) is 9.83 Å². The molecule has 0 amide bonds. The zero-order chi connectivity index (χ0) is 8.10. The van der Waals surface area contributed by atoms with E-state index >= 15 is 0 Å². The first-order chi connectivity index (χ1) is 5.29. The van der Waals surface area contributed by atoms with Gasteiger partial charge in [-0.05, 0) is 5.56 Å². The van der Waals surface area contributed by atoms with Gasteiger partial charge in [-0.3, -0.25) is 0 Å². The summed E-state index contributed by atoms with van der Waals surface area (Å²) in [6.07, 6.45) is 1.70. The van der Waals surface area contributed by atoms with Crippen molar-refractivity contribution < 1.29 is 4.21 Å². The minimum atomic E-state index is -0.749. The Morgan fingerprint density at radius 1 is 1.36 bits per heavy atom. The molecule has 0 spiro atoms. The van der Waals surface area contributed by atoms with E-state index in [-0.39, 0.29) is 0 Å². The molecule has 0 saturated carbocycles. The lowest BCUT2D eigenvalue weighted by atomic mass is 10.2. The lowest BCUT2D eigenvalue weighted by Gasteiger charge is -1.96. The highest BCUT2D eigenvalue weighted by Crippen LogP contribution is 2.13. The third-order valence-corrected chi connectivity index (χ3v) is 3.37. The monoisotopic (exact) mass is 186 g/mol. The highest BCUT2D eigenvalue weighted by atomic mass is 33.1. The predicted octanol–water partition coefficient (Wildman–Crippen LogP) is 2.21. The largest absolute Gasteiger partial charge is 0.248 e. The molecule has 0 heterocycles. The van der Waals surface area contributed by atoms with Crippen LogP contribution in [0.3, 0.4) is 0 Å². The van der Waals surface area contributed by atoms with E-state index in [1.807, 2.05) is 30.3 Å². The molecule has 1 aromatic carbocycles. The number of rotatable bonds is 3. The molecule has 1 atom stereocenters. The van der Waals surface area contributed by atoms with E-state index < -0.39 is 9.83 Å². The quantitative estimate of drug-likeness (QED) is 0.673. The molecule has 0 aliphatic rings. The van der Waals surface area contributed by atoms with E-state index in [0.717, 1.165) is 5.75 Å². The van der Waals surface area contributed by atoms with Gasteiger partial charge in [0, 0.05) is 12.0 Å². The first kappa shape index (κ1) is 8.81. The van der Waals surface area contributed by atoms with E-state index in [9.17, 15) is 4.21 Å². The second-order valence-corrected chi connectivity index (χ2v) is 5.59. The lowest BCUT2D eigenvalue weighted by Crippen LogP contribution is -1.81. The van der Waals surface area contributed by atoms with Crippen molar-refractivity contribution in [2.75, 3.05) is 6.26 Å². The smallest absolute Gasteiger partial charge is 0.0775 e. The Labute approximate surface area is 73.1 Å². The third kappa shape index (κ3) is 3.58. The first-order valence-corrected chi connectivity index (χ1v) is 6.36. The molecule has 1 nitrogen and oxygen atoms in total. The summed E-state index contributed by atoms with van der Waals surface area (Å²) < 4.78 is 10.7. The summed E-state index contributed by atoms with van der Waals surface area (Å²) in [5, 5.41) is 0. The van der Waals surface area contributed by atoms with Crippen molar-refractivity contribution in [1.82, 2.24) is 0 Å². The second-order valence-electron chi connectivity index (χ2n) is 2.15. The maximum atomic E-state index is 10.7. The van der Waals surface area contributed by atoms with Crippen LogP contribution < -0.4 is 0 Å². The van der Waals surface area contributed by atoms with Gasteiger partial charge in [0.1, 0.15) is 0 Å². The fourth-order valence-electron chi connectivity index (χ4n) is 0.725. The van der Waals surface area contributed by atoms with Crippen LogP contribution in [0.15, 0.2) is 30.3 Å². The van der Waals surface area contributed by atoms with Crippen LogP contribution in [0.5, 0.6) is 0 Å². The van der Waals surface area contributed by atoms with Gasteiger partial charge in [-0.25, -0.2) is 4.21 Å². The minimum Gasteiger partial charge on any atom is -0.248 e. The summed E-state index contributed by atoms with van der Waals surface area (Å²) in [7, 11) is 0.707. The first-order valence-electron chi connectivity index (χ1n) is 3.29. The fourth-order valence-corrected chi connectivity index (χ4v) is 2.13. The van der Waals surface area contributed by atoms with Gasteiger partial charge in [0.2, 0.25) is 0 Å². The fraction of sp³-hybridized carbons (Fsp3) is 0.250. The zero-order valence-corrected chi connectivity index (χ0v) is 7.95. The van der Waals surface area contributed by atoms with Crippen molar-refractivity contribution in [3.8, 4) is 0 Å². The van der Waals surface area contributed by atoms with Crippen LogP contribution in [0.2, 0.25) is 0 Å². The molecule has 0 N–H and O–H groups in total. The van der Waals surface area contributed by atoms with Crippen molar-refractivity contribution in [1.29, 1.82) is 0 Å². The molecule has 0 radical (unpaired) electrons. The standard InChI is InChI=1S/C8H10OS2/c1-11(9)10-7-8-5-3-2-4-6-8/h2-6H,7H2,1H3. The Morgan fingerprint density at radius 2 is 2.00 bits per heavy atom. The molecule has 0 fully saturated rings. The average molecular weight is 186 g/mol. The van der Waals surface area contributed by atoms with Crippen LogP contribution in [0.4, 0.5) is 0 Å². The number of hydrogen-bond acceptors (Lipinski definition) is 2. The van der Waals surface area contributed by atoms with Crippen molar-refractivity contribution >= 4 is 20.6 Å². The molecule has 11 heavy (non-hydrogen) atoms. The molecule has 0 aromatic heterocycles. The molecule has 0 aliphatic heterocycles. The summed E-state index contributed by atoms with van der Waals surface area (Å²) in [4.78, 5) is 0. The lowest BCUT2D eigenvalue weighted by molar-refractivity contribution is 0.695. The summed E-state index contributed by atoms with van der Waals surface area (Å²) in [6.45, 7) is 0. The summed E-state index contributed by atoms with van der Waals surface area (Å²) in [5.74, 6) is 0.837. The van der Waals surface area contributed by atoms with Crippen LogP contribution in [0, 0.1) is 0 Å². The highest BCUT2D eigenvalue weighted by Gasteiger charge is 1.93.